The van der Waals surface area contributed by atoms with Crippen LogP contribution in [0.2, 0.25) is 0 Å². The number of hydrogen-bond acceptors (Lipinski definition) is 8. The van der Waals surface area contributed by atoms with E-state index in [1.807, 2.05) is 55.4 Å². The maximum Gasteiger partial charge on any atom is 0.217 e. The minimum atomic E-state index is -1.58. The van der Waals surface area contributed by atoms with Crippen molar-refractivity contribution in [2.45, 2.75) is 41.8 Å². The molecule has 4 aromatic rings. The van der Waals surface area contributed by atoms with Gasteiger partial charge in [0.25, 0.3) is 0 Å². The first-order valence-corrected chi connectivity index (χ1v) is 16.5. The maximum atomic E-state index is 16.3. The molecular weight excluding hydrogens is 637 g/mol. The summed E-state index contributed by atoms with van der Waals surface area (Å²) in [4.78, 5) is 11.7. The largest absolute Gasteiger partial charge is 0.494 e. The van der Waals surface area contributed by atoms with Crippen LogP contribution in [-0.4, -0.2) is 66.3 Å². The topological polar surface area (TPSA) is 67.7 Å². The summed E-state index contributed by atoms with van der Waals surface area (Å²) in [5, 5.41) is 15.6. The molecule has 0 bridgehead atoms. The predicted octanol–water partition coefficient (Wildman–Crippen LogP) is 7.74. The van der Waals surface area contributed by atoms with E-state index in [9.17, 15) is 5.11 Å². The monoisotopic (exact) mass is 673 g/mol. The number of aliphatic hydroxyl groups is 1. The molecule has 0 amide bonds. The molecule has 0 radical (unpaired) electrons. The van der Waals surface area contributed by atoms with E-state index in [0.717, 1.165) is 36.9 Å². The second kappa shape index (κ2) is 14.4. The standard InChI is InChI=1S/C32H37BrFN3O3S2/c1-7-41-27-18-21(19-28(36-27)42-8-2)32(38,14-15-37(3)4)29(23-10-9-11-26(39-5)30(23)34)24-17-20-16-22(33)12-13-25(20)35-31(24)40-6/h9-13,16-19,29,38H,7-8,14-15H2,1-6H3/t29-,32-/m1/s1. The fraction of sp³-hybridized carbons (Fsp3) is 0.375. The zero-order valence-corrected chi connectivity index (χ0v) is 28.0. The van der Waals surface area contributed by atoms with Crippen molar-refractivity contribution < 1.29 is 19.0 Å². The number of fused-ring (bicyclic) bond motifs is 1. The number of methoxy groups -OCH3 is 2. The Kier molecular flexibility index (Phi) is 11.2. The highest BCUT2D eigenvalue weighted by Gasteiger charge is 2.44. The Balaban J connectivity index is 2.11. The van der Waals surface area contributed by atoms with E-state index in [1.165, 1.54) is 7.11 Å². The van der Waals surface area contributed by atoms with Gasteiger partial charge < -0.3 is 19.5 Å². The first-order chi connectivity index (χ1) is 20.1. The van der Waals surface area contributed by atoms with Gasteiger partial charge in [-0.2, -0.15) is 0 Å². The highest BCUT2D eigenvalue weighted by Crippen LogP contribution is 2.49. The van der Waals surface area contributed by atoms with Crippen LogP contribution >= 0.6 is 39.5 Å². The summed E-state index contributed by atoms with van der Waals surface area (Å²) in [5.74, 6) is 0.634. The lowest BCUT2D eigenvalue weighted by Gasteiger charge is -2.39. The molecule has 4 rings (SSSR count). The van der Waals surface area contributed by atoms with Crippen molar-refractivity contribution in [2.24, 2.45) is 0 Å². The average Bonchev–Trinajstić information content (AvgIpc) is 2.97. The first-order valence-electron chi connectivity index (χ1n) is 13.8. The molecule has 6 nitrogen and oxygen atoms in total. The average molecular weight is 675 g/mol. The molecule has 224 valence electrons. The van der Waals surface area contributed by atoms with Gasteiger partial charge in [-0.1, -0.05) is 41.9 Å². The number of halogens is 2. The zero-order valence-electron chi connectivity index (χ0n) is 24.8. The molecule has 0 saturated carbocycles. The van der Waals surface area contributed by atoms with E-state index in [-0.39, 0.29) is 11.3 Å². The van der Waals surface area contributed by atoms with Gasteiger partial charge in [0, 0.05) is 27.5 Å². The Morgan fingerprint density at radius 3 is 2.24 bits per heavy atom. The van der Waals surface area contributed by atoms with Crippen LogP contribution in [0.5, 0.6) is 11.6 Å². The Morgan fingerprint density at radius 1 is 0.952 bits per heavy atom. The van der Waals surface area contributed by atoms with Crippen LogP contribution in [0.25, 0.3) is 10.9 Å². The molecule has 1 N–H and O–H groups in total. The third-order valence-corrected chi connectivity index (χ3v) is 9.16. The summed E-state index contributed by atoms with van der Waals surface area (Å²) < 4.78 is 28.5. The molecular formula is C32H37BrFN3O3S2. The summed E-state index contributed by atoms with van der Waals surface area (Å²) in [5.41, 5.74) is 0.669. The van der Waals surface area contributed by atoms with E-state index >= 15 is 4.39 Å². The van der Waals surface area contributed by atoms with E-state index < -0.39 is 17.3 Å². The Labute approximate surface area is 264 Å². The summed E-state index contributed by atoms with van der Waals surface area (Å²) in [7, 11) is 6.91. The van der Waals surface area contributed by atoms with Gasteiger partial charge in [-0.3, -0.25) is 0 Å². The molecule has 0 unspecified atom stereocenters. The van der Waals surface area contributed by atoms with Crippen LogP contribution in [0.4, 0.5) is 4.39 Å². The Hall–Kier alpha value is -2.37. The number of ether oxygens (including phenoxy) is 2. The lowest BCUT2D eigenvalue weighted by Crippen LogP contribution is -2.38. The van der Waals surface area contributed by atoms with Crippen LogP contribution in [0, 0.1) is 5.82 Å². The molecule has 2 aromatic carbocycles. The molecule has 2 heterocycles. The number of rotatable bonds is 13. The number of pyridine rings is 2. The van der Waals surface area contributed by atoms with Crippen LogP contribution in [0.3, 0.4) is 0 Å². The highest BCUT2D eigenvalue weighted by molar-refractivity contribution is 9.10. The second-order valence-electron chi connectivity index (χ2n) is 10.1. The number of nitrogens with zero attached hydrogens (tertiary/aromatic N) is 3. The first kappa shape index (κ1) is 32.5. The van der Waals surface area contributed by atoms with E-state index in [1.54, 1.807) is 48.8 Å². The lowest BCUT2D eigenvalue weighted by molar-refractivity contribution is 0.00228. The molecule has 0 spiro atoms. The van der Waals surface area contributed by atoms with Crippen molar-refractivity contribution in [2.75, 3.05) is 46.4 Å². The quantitative estimate of drug-likeness (QED) is 0.145. The minimum Gasteiger partial charge on any atom is -0.494 e. The molecule has 42 heavy (non-hydrogen) atoms. The third kappa shape index (κ3) is 7.05. The van der Waals surface area contributed by atoms with Gasteiger partial charge in [-0.25, -0.2) is 14.4 Å². The van der Waals surface area contributed by atoms with Crippen molar-refractivity contribution in [3.63, 3.8) is 0 Å². The number of aromatic nitrogens is 2. The summed E-state index contributed by atoms with van der Waals surface area (Å²) in [6, 6.07) is 16.6. The molecule has 0 aliphatic heterocycles. The van der Waals surface area contributed by atoms with Crippen molar-refractivity contribution in [1.82, 2.24) is 14.9 Å². The van der Waals surface area contributed by atoms with Crippen LogP contribution in [0.15, 0.2) is 69.1 Å². The van der Waals surface area contributed by atoms with Crippen LogP contribution < -0.4 is 9.47 Å². The smallest absolute Gasteiger partial charge is 0.217 e. The number of thioether (sulfide) groups is 2. The van der Waals surface area contributed by atoms with Crippen LogP contribution in [0.1, 0.15) is 42.9 Å². The number of hydrogen-bond donors (Lipinski definition) is 1. The van der Waals surface area contributed by atoms with E-state index in [2.05, 4.69) is 29.8 Å². The van der Waals surface area contributed by atoms with Gasteiger partial charge in [-0.15, -0.1) is 23.5 Å². The summed E-state index contributed by atoms with van der Waals surface area (Å²) in [6.45, 7) is 4.69. The lowest BCUT2D eigenvalue weighted by atomic mass is 9.71. The van der Waals surface area contributed by atoms with E-state index in [0.29, 0.717) is 30.0 Å². The van der Waals surface area contributed by atoms with Gasteiger partial charge in [0.15, 0.2) is 11.6 Å². The van der Waals surface area contributed by atoms with Crippen LogP contribution in [-0.2, 0) is 5.60 Å². The van der Waals surface area contributed by atoms with Crippen molar-refractivity contribution in [3.8, 4) is 11.6 Å². The molecule has 0 fully saturated rings. The van der Waals surface area contributed by atoms with Crippen molar-refractivity contribution in [3.05, 3.63) is 81.6 Å². The molecule has 0 aliphatic carbocycles. The van der Waals surface area contributed by atoms with Crippen molar-refractivity contribution >= 4 is 50.4 Å². The normalized spacial score (nSPS) is 13.8. The molecule has 2 aromatic heterocycles. The molecule has 0 saturated heterocycles. The van der Waals surface area contributed by atoms with Gasteiger partial charge in [0.1, 0.15) is 5.60 Å². The predicted molar refractivity (Wildman–Crippen MR) is 175 cm³/mol. The van der Waals surface area contributed by atoms with E-state index in [4.69, 9.17) is 19.4 Å². The summed E-state index contributed by atoms with van der Waals surface area (Å²) in [6.07, 6.45) is 0.303. The maximum absolute atomic E-state index is 16.3. The summed E-state index contributed by atoms with van der Waals surface area (Å²) >= 11 is 6.79. The fourth-order valence-corrected chi connectivity index (χ4v) is 6.91. The second-order valence-corrected chi connectivity index (χ2v) is 13.6. The minimum absolute atomic E-state index is 0.0992. The Morgan fingerprint density at radius 2 is 1.64 bits per heavy atom. The Bertz CT molecular complexity index is 1520. The third-order valence-electron chi connectivity index (χ3n) is 7.08. The molecule has 10 heteroatoms. The fourth-order valence-electron chi connectivity index (χ4n) is 5.13. The molecule has 0 aliphatic rings. The van der Waals surface area contributed by atoms with Gasteiger partial charge in [0.05, 0.1) is 35.7 Å². The van der Waals surface area contributed by atoms with Gasteiger partial charge in [-0.05, 0) is 80.0 Å². The van der Waals surface area contributed by atoms with Crippen molar-refractivity contribution in [1.29, 1.82) is 0 Å². The highest BCUT2D eigenvalue weighted by atomic mass is 79.9. The van der Waals surface area contributed by atoms with Gasteiger partial charge in [0.2, 0.25) is 5.88 Å². The van der Waals surface area contributed by atoms with Gasteiger partial charge >= 0.3 is 0 Å². The SMILES string of the molecule is CCSc1cc([C@](O)(CCN(C)C)[C@@H](c2cc3cc(Br)ccc3nc2OC)c2cccc(OC)c2F)cc(SCC)n1. The number of benzene rings is 2. The zero-order chi connectivity index (χ0) is 30.4. The molecule has 2 atom stereocenters.